The molecule has 1 N–H and O–H groups in total. The molecule has 2 aromatic heterocycles. The first kappa shape index (κ1) is 13.4. The number of nitrogens with one attached hydrogen (secondary N) is 1. The van der Waals surface area contributed by atoms with Crippen molar-refractivity contribution in [2.45, 2.75) is 20.4 Å². The van der Waals surface area contributed by atoms with E-state index in [0.717, 1.165) is 29.0 Å². The Balaban J connectivity index is 1.85. The molecule has 0 unspecified atom stereocenters. The van der Waals surface area contributed by atoms with Crippen LogP contribution < -0.4 is 5.32 Å². The van der Waals surface area contributed by atoms with E-state index in [2.05, 4.69) is 37.1 Å². The van der Waals surface area contributed by atoms with Crippen LogP contribution in [0.2, 0.25) is 0 Å². The Bertz CT molecular complexity index is 741. The fourth-order valence-electron chi connectivity index (χ4n) is 2.38. The Kier molecular flexibility index (Phi) is 3.43. The molecule has 6 heteroatoms. The number of imidazole rings is 1. The van der Waals surface area contributed by atoms with Crippen LogP contribution in [-0.2, 0) is 13.6 Å². The Morgan fingerprint density at radius 3 is 2.57 bits per heavy atom. The van der Waals surface area contributed by atoms with Gasteiger partial charge in [0.2, 0.25) is 5.95 Å². The van der Waals surface area contributed by atoms with Gasteiger partial charge < -0.3 is 5.32 Å². The lowest BCUT2D eigenvalue weighted by Crippen LogP contribution is -2.10. The lowest BCUT2D eigenvalue weighted by molar-refractivity contribution is 0.755. The second-order valence-corrected chi connectivity index (χ2v) is 4.93. The molecule has 0 aliphatic heterocycles. The van der Waals surface area contributed by atoms with Crippen molar-refractivity contribution in [3.8, 4) is 5.69 Å². The van der Waals surface area contributed by atoms with Crippen molar-refractivity contribution in [1.82, 2.24) is 24.3 Å². The second-order valence-electron chi connectivity index (χ2n) is 4.93. The van der Waals surface area contributed by atoms with Crippen molar-refractivity contribution in [1.29, 1.82) is 0 Å². The highest BCUT2D eigenvalue weighted by Gasteiger charge is 2.10. The van der Waals surface area contributed by atoms with Gasteiger partial charge in [-0.05, 0) is 26.0 Å². The zero-order chi connectivity index (χ0) is 14.8. The number of para-hydroxylation sites is 1. The van der Waals surface area contributed by atoms with Gasteiger partial charge in [0.25, 0.3) is 0 Å². The zero-order valence-electron chi connectivity index (χ0n) is 12.4. The van der Waals surface area contributed by atoms with Gasteiger partial charge in [-0.2, -0.15) is 10.1 Å². The number of hydrogen-bond donors (Lipinski definition) is 1. The summed E-state index contributed by atoms with van der Waals surface area (Å²) in [5, 5.41) is 7.53. The molecular formula is C15H18N6. The summed E-state index contributed by atoms with van der Waals surface area (Å²) in [5.41, 5.74) is 2.19. The maximum atomic E-state index is 4.41. The normalized spacial score (nSPS) is 10.8. The Morgan fingerprint density at radius 1 is 1.14 bits per heavy atom. The summed E-state index contributed by atoms with van der Waals surface area (Å²) in [4.78, 5) is 8.76. The van der Waals surface area contributed by atoms with Crippen LogP contribution >= 0.6 is 0 Å². The van der Waals surface area contributed by atoms with Gasteiger partial charge in [0.05, 0.1) is 18.4 Å². The predicted octanol–water partition coefficient (Wildman–Crippen LogP) is 2.23. The number of benzene rings is 1. The van der Waals surface area contributed by atoms with Crippen molar-refractivity contribution in [3.05, 3.63) is 53.9 Å². The lowest BCUT2D eigenvalue weighted by Gasteiger charge is -2.11. The average molecular weight is 282 g/mol. The van der Waals surface area contributed by atoms with Gasteiger partial charge in [-0.3, -0.25) is 4.57 Å². The fourth-order valence-corrected chi connectivity index (χ4v) is 2.38. The van der Waals surface area contributed by atoms with Crippen molar-refractivity contribution in [2.24, 2.45) is 7.05 Å². The predicted molar refractivity (Wildman–Crippen MR) is 81.4 cm³/mol. The first-order valence-electron chi connectivity index (χ1n) is 6.85. The van der Waals surface area contributed by atoms with E-state index in [-0.39, 0.29) is 0 Å². The molecule has 0 fully saturated rings. The van der Waals surface area contributed by atoms with E-state index in [1.165, 1.54) is 0 Å². The number of nitrogens with zero attached hydrogens (tertiary/aromatic N) is 5. The molecule has 0 saturated heterocycles. The summed E-state index contributed by atoms with van der Waals surface area (Å²) in [5.74, 6) is 2.48. The number of rotatable bonds is 4. The second kappa shape index (κ2) is 5.40. The molecule has 21 heavy (non-hydrogen) atoms. The third-order valence-electron chi connectivity index (χ3n) is 3.32. The maximum absolute atomic E-state index is 4.41. The van der Waals surface area contributed by atoms with Gasteiger partial charge in [-0.15, -0.1) is 0 Å². The highest BCUT2D eigenvalue weighted by Crippen LogP contribution is 2.15. The molecule has 3 aromatic rings. The smallest absolute Gasteiger partial charge is 0.221 e. The standard InChI is InChI=1S/C15H18N6/c1-11-18-15(20(3)19-11)17-10-14-9-16-12(2)21(14)13-7-5-4-6-8-13/h4-9H,10H2,1-3H3,(H,17,18,19). The summed E-state index contributed by atoms with van der Waals surface area (Å²) in [6.45, 7) is 4.52. The molecule has 0 bridgehead atoms. The van der Waals surface area contributed by atoms with E-state index in [9.17, 15) is 0 Å². The van der Waals surface area contributed by atoms with Gasteiger partial charge in [0, 0.05) is 12.7 Å². The van der Waals surface area contributed by atoms with Crippen molar-refractivity contribution in [3.63, 3.8) is 0 Å². The fraction of sp³-hybridized carbons (Fsp3) is 0.267. The van der Waals surface area contributed by atoms with Gasteiger partial charge in [-0.1, -0.05) is 18.2 Å². The third kappa shape index (κ3) is 2.65. The maximum Gasteiger partial charge on any atom is 0.221 e. The van der Waals surface area contributed by atoms with Gasteiger partial charge >= 0.3 is 0 Å². The number of aryl methyl sites for hydroxylation is 3. The van der Waals surface area contributed by atoms with Crippen molar-refractivity contribution < 1.29 is 0 Å². The van der Waals surface area contributed by atoms with E-state index < -0.39 is 0 Å². The molecule has 0 amide bonds. The van der Waals surface area contributed by atoms with Gasteiger partial charge in [0.15, 0.2) is 0 Å². The van der Waals surface area contributed by atoms with E-state index >= 15 is 0 Å². The molecule has 3 rings (SSSR count). The van der Waals surface area contributed by atoms with E-state index in [1.54, 1.807) is 4.68 Å². The summed E-state index contributed by atoms with van der Waals surface area (Å²) >= 11 is 0. The molecule has 1 aromatic carbocycles. The molecular weight excluding hydrogens is 264 g/mol. The Labute approximate surface area is 123 Å². The van der Waals surface area contributed by atoms with Gasteiger partial charge in [0.1, 0.15) is 11.6 Å². The van der Waals surface area contributed by atoms with Crippen molar-refractivity contribution >= 4 is 5.95 Å². The summed E-state index contributed by atoms with van der Waals surface area (Å²) in [6, 6.07) is 10.2. The minimum Gasteiger partial charge on any atom is -0.349 e. The lowest BCUT2D eigenvalue weighted by atomic mass is 10.3. The van der Waals surface area contributed by atoms with Crippen LogP contribution in [0, 0.1) is 13.8 Å². The number of hydrogen-bond acceptors (Lipinski definition) is 4. The largest absolute Gasteiger partial charge is 0.349 e. The van der Waals surface area contributed by atoms with E-state index in [0.29, 0.717) is 6.54 Å². The average Bonchev–Trinajstić information content (AvgIpc) is 3.00. The number of aromatic nitrogens is 5. The molecule has 0 spiro atoms. The SMILES string of the molecule is Cc1nc(NCc2cnc(C)n2-c2ccccc2)n(C)n1. The van der Waals surface area contributed by atoms with Crippen LogP contribution in [0.1, 0.15) is 17.3 Å². The van der Waals surface area contributed by atoms with E-state index in [1.807, 2.05) is 45.3 Å². The number of anilines is 1. The molecule has 0 atom stereocenters. The third-order valence-corrected chi connectivity index (χ3v) is 3.32. The molecule has 0 aliphatic rings. The monoisotopic (exact) mass is 282 g/mol. The van der Waals surface area contributed by atoms with E-state index in [4.69, 9.17) is 0 Å². The molecule has 0 saturated carbocycles. The highest BCUT2D eigenvalue weighted by atomic mass is 15.4. The van der Waals surface area contributed by atoms with Crippen LogP contribution in [0.15, 0.2) is 36.5 Å². The molecule has 108 valence electrons. The quantitative estimate of drug-likeness (QED) is 0.797. The molecule has 6 nitrogen and oxygen atoms in total. The Hall–Kier alpha value is -2.63. The van der Waals surface area contributed by atoms with Crippen LogP contribution in [0.3, 0.4) is 0 Å². The van der Waals surface area contributed by atoms with Crippen LogP contribution in [0.25, 0.3) is 5.69 Å². The van der Waals surface area contributed by atoms with Crippen LogP contribution in [0.4, 0.5) is 5.95 Å². The molecule has 0 aliphatic carbocycles. The zero-order valence-corrected chi connectivity index (χ0v) is 12.4. The van der Waals surface area contributed by atoms with Crippen LogP contribution in [-0.4, -0.2) is 24.3 Å². The molecule has 0 radical (unpaired) electrons. The summed E-state index contributed by atoms with van der Waals surface area (Å²) in [6.07, 6.45) is 1.89. The summed E-state index contributed by atoms with van der Waals surface area (Å²) < 4.78 is 3.88. The van der Waals surface area contributed by atoms with Crippen LogP contribution in [0.5, 0.6) is 0 Å². The first-order valence-corrected chi connectivity index (χ1v) is 6.85. The minimum absolute atomic E-state index is 0.641. The minimum atomic E-state index is 0.641. The van der Waals surface area contributed by atoms with Crippen molar-refractivity contribution in [2.75, 3.05) is 5.32 Å². The highest BCUT2D eigenvalue weighted by molar-refractivity contribution is 5.36. The summed E-state index contributed by atoms with van der Waals surface area (Å²) in [7, 11) is 1.88. The Morgan fingerprint density at radius 2 is 1.90 bits per heavy atom. The topological polar surface area (TPSA) is 60.6 Å². The van der Waals surface area contributed by atoms with Gasteiger partial charge in [-0.25, -0.2) is 9.67 Å². The first-order chi connectivity index (χ1) is 10.1. The molecule has 2 heterocycles.